The van der Waals surface area contributed by atoms with E-state index < -0.39 is 5.82 Å². The van der Waals surface area contributed by atoms with Crippen molar-refractivity contribution in [2.24, 2.45) is 11.7 Å². The van der Waals surface area contributed by atoms with Crippen LogP contribution in [0.15, 0.2) is 18.2 Å². The number of hydrogen-bond donors (Lipinski definition) is 1. The number of amides is 1. The summed E-state index contributed by atoms with van der Waals surface area (Å²) in [5.41, 5.74) is 5.61. The fraction of sp³-hybridized carbons (Fsp3) is 0.500. The summed E-state index contributed by atoms with van der Waals surface area (Å²) >= 11 is 5.71. The average Bonchev–Trinajstić information content (AvgIpc) is 2.42. The number of nitrogens with two attached hydrogens (primary N) is 1. The van der Waals surface area contributed by atoms with Gasteiger partial charge in [0.15, 0.2) is 5.82 Å². The van der Waals surface area contributed by atoms with Crippen LogP contribution in [-0.4, -0.2) is 30.4 Å². The molecule has 2 N–H and O–H groups in total. The van der Waals surface area contributed by atoms with Gasteiger partial charge in [-0.25, -0.2) is 4.39 Å². The normalized spacial score (nSPS) is 19.5. The van der Waals surface area contributed by atoms with Crippen molar-refractivity contribution in [3.05, 3.63) is 34.6 Å². The first-order valence-corrected chi connectivity index (χ1v) is 6.94. The van der Waals surface area contributed by atoms with E-state index in [2.05, 4.69) is 0 Å². The molecule has 0 radical (unpaired) electrons. The second kappa shape index (κ2) is 6.35. The Hall–Kier alpha value is -1.13. The van der Waals surface area contributed by atoms with E-state index in [0.29, 0.717) is 25.6 Å². The number of piperidine rings is 1. The topological polar surface area (TPSA) is 46.3 Å². The molecule has 1 fully saturated rings. The van der Waals surface area contributed by atoms with Crippen molar-refractivity contribution in [2.45, 2.75) is 19.3 Å². The van der Waals surface area contributed by atoms with Crippen molar-refractivity contribution in [2.75, 3.05) is 19.6 Å². The van der Waals surface area contributed by atoms with Crippen LogP contribution in [0.3, 0.4) is 0 Å². The van der Waals surface area contributed by atoms with Crippen molar-refractivity contribution < 1.29 is 9.18 Å². The first kappa shape index (κ1) is 14.3. The Morgan fingerprint density at radius 1 is 1.53 bits per heavy atom. The molecule has 1 saturated heterocycles. The predicted octanol–water partition coefficient (Wildman–Crippen LogP) is 2.68. The van der Waals surface area contributed by atoms with E-state index >= 15 is 0 Å². The van der Waals surface area contributed by atoms with Crippen molar-refractivity contribution in [3.63, 3.8) is 0 Å². The molecule has 1 atom stereocenters. The number of nitrogens with zero attached hydrogens (tertiary/aromatic N) is 1. The molecule has 0 aromatic heterocycles. The first-order chi connectivity index (χ1) is 9.13. The minimum Gasteiger partial charge on any atom is -0.338 e. The van der Waals surface area contributed by atoms with Crippen molar-refractivity contribution in [3.8, 4) is 0 Å². The molecule has 3 nitrogen and oxygen atoms in total. The molecular formula is C14H18ClFN2O. The number of rotatable bonds is 3. The van der Waals surface area contributed by atoms with Gasteiger partial charge in [0.2, 0.25) is 0 Å². The molecule has 1 aliphatic rings. The molecular weight excluding hydrogens is 267 g/mol. The van der Waals surface area contributed by atoms with Gasteiger partial charge >= 0.3 is 0 Å². The minimum absolute atomic E-state index is 0.0126. The summed E-state index contributed by atoms with van der Waals surface area (Å²) in [5.74, 6) is -0.484. The van der Waals surface area contributed by atoms with Gasteiger partial charge in [-0.2, -0.15) is 0 Å². The zero-order valence-corrected chi connectivity index (χ0v) is 11.5. The Morgan fingerprint density at radius 2 is 2.32 bits per heavy atom. The van der Waals surface area contributed by atoms with Crippen LogP contribution < -0.4 is 5.73 Å². The lowest BCUT2D eigenvalue weighted by atomic mass is 9.94. The summed E-state index contributed by atoms with van der Waals surface area (Å²) in [5, 5.41) is -0.0126. The van der Waals surface area contributed by atoms with Crippen LogP contribution in [0, 0.1) is 11.7 Å². The Balaban J connectivity index is 2.12. The van der Waals surface area contributed by atoms with Gasteiger partial charge in [0.05, 0.1) is 10.6 Å². The zero-order valence-electron chi connectivity index (χ0n) is 10.7. The molecule has 0 aliphatic carbocycles. The lowest BCUT2D eigenvalue weighted by Crippen LogP contribution is -2.40. The van der Waals surface area contributed by atoms with Gasteiger partial charge in [0, 0.05) is 13.1 Å². The van der Waals surface area contributed by atoms with Gasteiger partial charge in [0.1, 0.15) is 0 Å². The molecule has 0 saturated carbocycles. The van der Waals surface area contributed by atoms with E-state index in [0.717, 1.165) is 19.3 Å². The first-order valence-electron chi connectivity index (χ1n) is 6.57. The van der Waals surface area contributed by atoms with Crippen LogP contribution in [-0.2, 0) is 0 Å². The van der Waals surface area contributed by atoms with Crippen molar-refractivity contribution in [1.29, 1.82) is 0 Å². The number of carbonyl (C=O) groups is 1. The van der Waals surface area contributed by atoms with E-state index in [-0.39, 0.29) is 16.5 Å². The summed E-state index contributed by atoms with van der Waals surface area (Å²) in [7, 11) is 0. The quantitative estimate of drug-likeness (QED) is 0.927. The SMILES string of the molecule is NCCC1CCCN(C(=O)c2cccc(Cl)c2F)C1. The van der Waals surface area contributed by atoms with Gasteiger partial charge < -0.3 is 10.6 Å². The maximum absolute atomic E-state index is 13.9. The largest absolute Gasteiger partial charge is 0.338 e. The third kappa shape index (κ3) is 3.25. The average molecular weight is 285 g/mol. The van der Waals surface area contributed by atoms with Crippen LogP contribution >= 0.6 is 11.6 Å². The van der Waals surface area contributed by atoms with E-state index in [1.807, 2.05) is 0 Å². The Morgan fingerprint density at radius 3 is 3.05 bits per heavy atom. The molecule has 1 aliphatic heterocycles. The summed E-state index contributed by atoms with van der Waals surface area (Å²) < 4.78 is 13.9. The van der Waals surface area contributed by atoms with Gasteiger partial charge in [-0.15, -0.1) is 0 Å². The fourth-order valence-corrected chi connectivity index (χ4v) is 2.73. The van der Waals surface area contributed by atoms with E-state index in [1.165, 1.54) is 12.1 Å². The summed E-state index contributed by atoms with van der Waals surface area (Å²) in [6, 6.07) is 4.52. The number of benzene rings is 1. The Bertz CT molecular complexity index is 465. The van der Waals surface area contributed by atoms with Gasteiger partial charge in [0.25, 0.3) is 5.91 Å². The van der Waals surface area contributed by atoms with Gasteiger partial charge in [-0.05, 0) is 43.9 Å². The van der Waals surface area contributed by atoms with Crippen LogP contribution in [0.2, 0.25) is 5.02 Å². The molecule has 1 aromatic rings. The fourth-order valence-electron chi connectivity index (χ4n) is 2.56. The molecule has 2 rings (SSSR count). The van der Waals surface area contributed by atoms with E-state index in [4.69, 9.17) is 17.3 Å². The van der Waals surface area contributed by atoms with Crippen LogP contribution in [0.1, 0.15) is 29.6 Å². The summed E-state index contributed by atoms with van der Waals surface area (Å²) in [6.45, 7) is 1.95. The standard InChI is InChI=1S/C14H18ClFN2O/c15-12-5-1-4-11(13(12)16)14(19)18-8-2-3-10(9-18)6-7-17/h1,4-5,10H,2-3,6-9,17H2. The summed E-state index contributed by atoms with van der Waals surface area (Å²) in [4.78, 5) is 14.0. The molecule has 1 aromatic carbocycles. The van der Waals surface area contributed by atoms with Crippen molar-refractivity contribution in [1.82, 2.24) is 4.90 Å². The predicted molar refractivity (Wildman–Crippen MR) is 73.7 cm³/mol. The number of hydrogen-bond acceptors (Lipinski definition) is 2. The molecule has 19 heavy (non-hydrogen) atoms. The lowest BCUT2D eigenvalue weighted by molar-refractivity contribution is 0.0665. The van der Waals surface area contributed by atoms with Gasteiger partial charge in [-0.1, -0.05) is 17.7 Å². The van der Waals surface area contributed by atoms with Crippen LogP contribution in [0.5, 0.6) is 0 Å². The Labute approximate surface area is 117 Å². The number of halogens is 2. The van der Waals surface area contributed by atoms with E-state index in [1.54, 1.807) is 11.0 Å². The smallest absolute Gasteiger partial charge is 0.256 e. The third-order valence-corrected chi connectivity index (χ3v) is 3.86. The molecule has 1 heterocycles. The number of carbonyl (C=O) groups excluding carboxylic acids is 1. The summed E-state index contributed by atoms with van der Waals surface area (Å²) in [6.07, 6.45) is 2.93. The highest BCUT2D eigenvalue weighted by Gasteiger charge is 2.26. The highest BCUT2D eigenvalue weighted by molar-refractivity contribution is 6.31. The second-order valence-corrected chi connectivity index (χ2v) is 5.35. The van der Waals surface area contributed by atoms with Crippen molar-refractivity contribution >= 4 is 17.5 Å². The van der Waals surface area contributed by atoms with Gasteiger partial charge in [-0.3, -0.25) is 4.79 Å². The Kier molecular flexibility index (Phi) is 4.77. The molecule has 1 amide bonds. The zero-order chi connectivity index (χ0) is 13.8. The molecule has 0 spiro atoms. The second-order valence-electron chi connectivity index (χ2n) is 4.94. The maximum atomic E-state index is 13.9. The lowest BCUT2D eigenvalue weighted by Gasteiger charge is -2.32. The highest BCUT2D eigenvalue weighted by atomic mass is 35.5. The highest BCUT2D eigenvalue weighted by Crippen LogP contribution is 2.23. The third-order valence-electron chi connectivity index (χ3n) is 3.56. The van der Waals surface area contributed by atoms with Crippen LogP contribution in [0.4, 0.5) is 4.39 Å². The van der Waals surface area contributed by atoms with Crippen LogP contribution in [0.25, 0.3) is 0 Å². The van der Waals surface area contributed by atoms with E-state index in [9.17, 15) is 9.18 Å². The molecule has 0 bridgehead atoms. The molecule has 5 heteroatoms. The molecule has 1 unspecified atom stereocenters. The molecule has 104 valence electrons. The maximum Gasteiger partial charge on any atom is 0.256 e. The minimum atomic E-state index is -0.630. The number of likely N-dealkylation sites (tertiary alicyclic amines) is 1. The monoisotopic (exact) mass is 284 g/mol.